The first-order valence-electron chi connectivity index (χ1n) is 6.54. The van der Waals surface area contributed by atoms with Crippen molar-refractivity contribution in [1.82, 2.24) is 0 Å². The van der Waals surface area contributed by atoms with Crippen molar-refractivity contribution in [2.45, 2.75) is 32.1 Å². The number of ketones is 1. The van der Waals surface area contributed by atoms with Crippen molar-refractivity contribution in [1.29, 1.82) is 0 Å². The molecule has 19 heavy (non-hydrogen) atoms. The topological polar surface area (TPSA) is 17.1 Å². The van der Waals surface area contributed by atoms with Gasteiger partial charge in [-0.05, 0) is 48.9 Å². The second-order valence-corrected chi connectivity index (χ2v) is 5.69. The molecule has 0 saturated carbocycles. The minimum Gasteiger partial charge on any atom is -0.293 e. The highest BCUT2D eigenvalue weighted by atomic mass is 32.1. The molecule has 1 heterocycles. The number of halogens is 1. The highest BCUT2D eigenvalue weighted by molar-refractivity contribution is 7.20. The third kappa shape index (κ3) is 3.74. The summed E-state index contributed by atoms with van der Waals surface area (Å²) in [6.45, 7) is 3.68. The zero-order valence-corrected chi connectivity index (χ0v) is 11.6. The zero-order valence-electron chi connectivity index (χ0n) is 10.8. The molecule has 100 valence electrons. The van der Waals surface area contributed by atoms with Gasteiger partial charge >= 0.3 is 0 Å². The summed E-state index contributed by atoms with van der Waals surface area (Å²) in [4.78, 5) is 12.8. The average Bonchev–Trinajstić information content (AvgIpc) is 2.81. The number of fused-ring (bicyclic) bond motifs is 1. The van der Waals surface area contributed by atoms with Gasteiger partial charge in [-0.2, -0.15) is 0 Å². The molecule has 1 nitrogen and oxygen atoms in total. The third-order valence-corrected chi connectivity index (χ3v) is 4.22. The monoisotopic (exact) mass is 276 g/mol. The number of allylic oxidation sites excluding steroid dienone is 1. The first-order chi connectivity index (χ1) is 9.20. The summed E-state index contributed by atoms with van der Waals surface area (Å²) in [5.74, 6) is -0.0889. The molecule has 0 unspecified atom stereocenters. The van der Waals surface area contributed by atoms with Crippen molar-refractivity contribution in [2.75, 3.05) is 0 Å². The number of rotatable bonds is 7. The Balaban J connectivity index is 1.95. The smallest absolute Gasteiger partial charge is 0.172 e. The third-order valence-electron chi connectivity index (χ3n) is 3.07. The summed E-state index contributed by atoms with van der Waals surface area (Å²) >= 11 is 1.45. The van der Waals surface area contributed by atoms with Crippen molar-refractivity contribution in [2.24, 2.45) is 0 Å². The molecule has 2 aromatic rings. The molecule has 0 N–H and O–H groups in total. The van der Waals surface area contributed by atoms with E-state index < -0.39 is 0 Å². The molecule has 2 rings (SSSR count). The minimum atomic E-state index is -0.256. The molecule has 3 heteroatoms. The Morgan fingerprint density at radius 1 is 1.26 bits per heavy atom. The molecule has 0 amide bonds. The second kappa shape index (κ2) is 6.62. The van der Waals surface area contributed by atoms with E-state index in [0.717, 1.165) is 40.6 Å². The molecule has 0 aliphatic carbocycles. The van der Waals surface area contributed by atoms with Gasteiger partial charge in [0, 0.05) is 11.1 Å². The number of hydrogen-bond donors (Lipinski definition) is 0. The van der Waals surface area contributed by atoms with Gasteiger partial charge in [-0.15, -0.1) is 17.9 Å². The molecule has 0 radical (unpaired) electrons. The van der Waals surface area contributed by atoms with Gasteiger partial charge < -0.3 is 0 Å². The first kappa shape index (κ1) is 13.9. The van der Waals surface area contributed by atoms with E-state index in [0.29, 0.717) is 6.42 Å². The Morgan fingerprint density at radius 2 is 2.11 bits per heavy atom. The van der Waals surface area contributed by atoms with Crippen LogP contribution in [0.1, 0.15) is 41.8 Å². The van der Waals surface area contributed by atoms with Crippen LogP contribution in [0.25, 0.3) is 10.1 Å². The maximum Gasteiger partial charge on any atom is 0.172 e. The number of carbonyl (C=O) groups is 1. The SMILES string of the molecule is C=CCCCCCC(=O)c1cc2cc(F)ccc2s1. The molecule has 1 aromatic heterocycles. The van der Waals surface area contributed by atoms with Gasteiger partial charge in [0.15, 0.2) is 5.78 Å². The lowest BCUT2D eigenvalue weighted by Gasteiger charge is -1.97. The molecule has 0 saturated heterocycles. The largest absolute Gasteiger partial charge is 0.293 e. The number of thiophene rings is 1. The van der Waals surface area contributed by atoms with E-state index in [1.54, 1.807) is 12.1 Å². The van der Waals surface area contributed by atoms with Gasteiger partial charge in [-0.1, -0.05) is 12.5 Å². The normalized spacial score (nSPS) is 10.8. The van der Waals surface area contributed by atoms with Crippen LogP contribution >= 0.6 is 11.3 Å². The van der Waals surface area contributed by atoms with E-state index in [9.17, 15) is 9.18 Å². The number of carbonyl (C=O) groups excluding carboxylic acids is 1. The van der Waals surface area contributed by atoms with Crippen molar-refractivity contribution in [3.05, 3.63) is 47.6 Å². The summed E-state index contributed by atoms with van der Waals surface area (Å²) in [6, 6.07) is 6.44. The van der Waals surface area contributed by atoms with E-state index in [4.69, 9.17) is 0 Å². The second-order valence-electron chi connectivity index (χ2n) is 4.60. The lowest BCUT2D eigenvalue weighted by Crippen LogP contribution is -1.95. The number of hydrogen-bond acceptors (Lipinski definition) is 2. The van der Waals surface area contributed by atoms with Crippen LogP contribution < -0.4 is 0 Å². The van der Waals surface area contributed by atoms with Crippen molar-refractivity contribution < 1.29 is 9.18 Å². The molecular formula is C16H17FOS. The maximum absolute atomic E-state index is 13.1. The van der Waals surface area contributed by atoms with E-state index in [1.165, 1.54) is 23.5 Å². The van der Waals surface area contributed by atoms with Crippen LogP contribution in [0.15, 0.2) is 36.9 Å². The molecule has 1 aromatic carbocycles. The Bertz CT molecular complexity index is 585. The Morgan fingerprint density at radius 3 is 2.89 bits per heavy atom. The van der Waals surface area contributed by atoms with E-state index >= 15 is 0 Å². The molecule has 0 spiro atoms. The van der Waals surface area contributed by atoms with Crippen LogP contribution in [-0.2, 0) is 0 Å². The first-order valence-corrected chi connectivity index (χ1v) is 7.35. The average molecular weight is 276 g/mol. The van der Waals surface area contributed by atoms with Crippen molar-refractivity contribution in [3.8, 4) is 0 Å². The molecule has 0 fully saturated rings. The van der Waals surface area contributed by atoms with Gasteiger partial charge in [-0.3, -0.25) is 4.79 Å². The van der Waals surface area contributed by atoms with Gasteiger partial charge in [0.2, 0.25) is 0 Å². The summed E-state index contributed by atoms with van der Waals surface area (Å²) in [7, 11) is 0. The fraction of sp³-hybridized carbons (Fsp3) is 0.312. The quantitative estimate of drug-likeness (QED) is 0.378. The van der Waals surface area contributed by atoms with Gasteiger partial charge in [0.05, 0.1) is 4.88 Å². The van der Waals surface area contributed by atoms with E-state index in [-0.39, 0.29) is 11.6 Å². The predicted octanol–water partition coefficient (Wildman–Crippen LogP) is 5.36. The zero-order chi connectivity index (χ0) is 13.7. The highest BCUT2D eigenvalue weighted by Crippen LogP contribution is 2.27. The van der Waals surface area contributed by atoms with Crippen LogP contribution in [-0.4, -0.2) is 5.78 Å². The lowest BCUT2D eigenvalue weighted by atomic mass is 10.1. The summed E-state index contributed by atoms with van der Waals surface area (Å²) in [5, 5.41) is 0.819. The van der Waals surface area contributed by atoms with Crippen LogP contribution in [0.4, 0.5) is 4.39 Å². The highest BCUT2D eigenvalue weighted by Gasteiger charge is 2.10. The summed E-state index contributed by atoms with van der Waals surface area (Å²) < 4.78 is 14.0. The molecule has 0 bridgehead atoms. The van der Waals surface area contributed by atoms with Gasteiger partial charge in [0.1, 0.15) is 5.82 Å². The minimum absolute atomic E-state index is 0.167. The number of benzene rings is 1. The number of Topliss-reactive ketones (excluding diaryl/α,β-unsaturated/α-hetero) is 1. The molecule has 0 aliphatic heterocycles. The molecular weight excluding hydrogens is 259 g/mol. The summed E-state index contributed by atoms with van der Waals surface area (Å²) in [6.07, 6.45) is 6.55. The Labute approximate surface area is 116 Å². The fourth-order valence-corrected chi connectivity index (χ4v) is 3.04. The van der Waals surface area contributed by atoms with Crippen molar-refractivity contribution >= 4 is 27.2 Å². The Hall–Kier alpha value is -1.48. The van der Waals surface area contributed by atoms with Gasteiger partial charge in [-0.25, -0.2) is 4.39 Å². The van der Waals surface area contributed by atoms with Crippen LogP contribution in [0, 0.1) is 5.82 Å². The van der Waals surface area contributed by atoms with E-state index in [2.05, 4.69) is 6.58 Å². The van der Waals surface area contributed by atoms with Crippen LogP contribution in [0.2, 0.25) is 0 Å². The lowest BCUT2D eigenvalue weighted by molar-refractivity contribution is 0.0983. The maximum atomic E-state index is 13.1. The predicted molar refractivity (Wildman–Crippen MR) is 79.4 cm³/mol. The van der Waals surface area contributed by atoms with Crippen molar-refractivity contribution in [3.63, 3.8) is 0 Å². The Kier molecular flexibility index (Phi) is 4.86. The van der Waals surface area contributed by atoms with Gasteiger partial charge in [0.25, 0.3) is 0 Å². The molecule has 0 aliphatic rings. The van der Waals surface area contributed by atoms with Crippen LogP contribution in [0.3, 0.4) is 0 Å². The standard InChI is InChI=1S/C16H17FOS/c1-2-3-4-5-6-7-14(18)16-11-12-10-13(17)8-9-15(12)19-16/h2,8-11H,1,3-7H2. The summed E-state index contributed by atoms with van der Waals surface area (Å²) in [5.41, 5.74) is 0. The van der Waals surface area contributed by atoms with E-state index in [1.807, 2.05) is 6.08 Å². The fourth-order valence-electron chi connectivity index (χ4n) is 2.03. The number of unbranched alkanes of at least 4 members (excludes halogenated alkanes) is 3. The van der Waals surface area contributed by atoms with Crippen LogP contribution in [0.5, 0.6) is 0 Å². The molecule has 0 atom stereocenters.